The van der Waals surface area contributed by atoms with Crippen LogP contribution in [0, 0.1) is 0 Å². The van der Waals surface area contributed by atoms with E-state index >= 15 is 0 Å². The van der Waals surface area contributed by atoms with Gasteiger partial charge in [-0.25, -0.2) is 9.78 Å². The smallest absolute Gasteiger partial charge is 0.375 e. The van der Waals surface area contributed by atoms with Crippen LogP contribution in [0.4, 0.5) is 0 Å². The zero-order chi connectivity index (χ0) is 13.6. The number of carboxylic acids is 1. The second kappa shape index (κ2) is 4.18. The fourth-order valence-corrected chi connectivity index (χ4v) is 1.92. The van der Waals surface area contributed by atoms with E-state index in [0.717, 1.165) is 12.8 Å². The molecule has 0 aliphatic heterocycles. The summed E-state index contributed by atoms with van der Waals surface area (Å²) >= 11 is 0. The number of aromatic carboxylic acids is 1. The van der Waals surface area contributed by atoms with Crippen molar-refractivity contribution in [3.8, 4) is 5.82 Å². The second-order valence-electron chi connectivity index (χ2n) is 5.03. The predicted molar refractivity (Wildman–Crippen MR) is 66.5 cm³/mol. The van der Waals surface area contributed by atoms with Gasteiger partial charge in [-0.3, -0.25) is 4.68 Å². The molecule has 0 aromatic carbocycles. The van der Waals surface area contributed by atoms with Crippen molar-refractivity contribution in [2.24, 2.45) is 0 Å². The minimum atomic E-state index is -1.11. The molecular formula is C12H15N5O2. The van der Waals surface area contributed by atoms with E-state index in [1.807, 2.05) is 30.8 Å². The Morgan fingerprint density at radius 1 is 1.42 bits per heavy atom. The number of aromatic nitrogens is 5. The number of carboxylic acid groups (broad SMARTS) is 1. The Morgan fingerprint density at radius 2 is 2.16 bits per heavy atom. The molecule has 2 heterocycles. The number of rotatable bonds is 4. The molecule has 1 saturated carbocycles. The summed E-state index contributed by atoms with van der Waals surface area (Å²) in [6, 6.07) is 2.08. The van der Waals surface area contributed by atoms with Gasteiger partial charge in [0.2, 0.25) is 0 Å². The zero-order valence-electron chi connectivity index (χ0n) is 10.8. The van der Waals surface area contributed by atoms with Crippen molar-refractivity contribution in [1.29, 1.82) is 0 Å². The second-order valence-corrected chi connectivity index (χ2v) is 5.03. The van der Waals surface area contributed by atoms with Crippen LogP contribution in [-0.4, -0.2) is 35.6 Å². The first-order valence-electron chi connectivity index (χ1n) is 6.32. The zero-order valence-corrected chi connectivity index (χ0v) is 10.8. The fraction of sp³-hybridized carbons (Fsp3) is 0.500. The maximum atomic E-state index is 11.0. The van der Waals surface area contributed by atoms with Gasteiger partial charge in [0.1, 0.15) is 5.82 Å². The third-order valence-electron chi connectivity index (χ3n) is 3.11. The lowest BCUT2D eigenvalue weighted by atomic mass is 10.4. The summed E-state index contributed by atoms with van der Waals surface area (Å²) < 4.78 is 3.37. The Morgan fingerprint density at radius 3 is 2.68 bits per heavy atom. The maximum absolute atomic E-state index is 11.0. The van der Waals surface area contributed by atoms with Gasteiger partial charge in [0, 0.05) is 24.2 Å². The largest absolute Gasteiger partial charge is 0.475 e. The third kappa shape index (κ3) is 2.11. The monoisotopic (exact) mass is 261 g/mol. The van der Waals surface area contributed by atoms with Gasteiger partial charge in [0.05, 0.1) is 0 Å². The topological polar surface area (TPSA) is 85.8 Å². The summed E-state index contributed by atoms with van der Waals surface area (Å²) in [5.74, 6) is 0.358. The summed E-state index contributed by atoms with van der Waals surface area (Å²) in [4.78, 5) is 15.1. The van der Waals surface area contributed by atoms with Crippen LogP contribution in [0.15, 0.2) is 12.3 Å². The molecule has 0 bridgehead atoms. The average molecular weight is 261 g/mol. The molecule has 1 aliphatic rings. The molecule has 0 unspecified atom stereocenters. The van der Waals surface area contributed by atoms with Crippen molar-refractivity contribution in [2.75, 3.05) is 0 Å². The standard InChI is InChI=1S/C12H15N5O2/c1-7(2)16-6-5-9(14-16)17-11(8-3-4-8)13-10(15-17)12(18)19/h5-8H,3-4H2,1-2H3,(H,18,19). The van der Waals surface area contributed by atoms with E-state index in [2.05, 4.69) is 15.2 Å². The van der Waals surface area contributed by atoms with Gasteiger partial charge in [0.25, 0.3) is 5.82 Å². The summed E-state index contributed by atoms with van der Waals surface area (Å²) in [5, 5.41) is 17.5. The number of hydrogen-bond acceptors (Lipinski definition) is 4. The number of hydrogen-bond donors (Lipinski definition) is 1. The van der Waals surface area contributed by atoms with Crippen molar-refractivity contribution >= 4 is 5.97 Å². The minimum Gasteiger partial charge on any atom is -0.475 e. The van der Waals surface area contributed by atoms with Crippen LogP contribution in [-0.2, 0) is 0 Å². The predicted octanol–water partition coefficient (Wildman–Crippen LogP) is 1.62. The Balaban J connectivity index is 2.04. The van der Waals surface area contributed by atoms with Crippen molar-refractivity contribution in [1.82, 2.24) is 24.5 Å². The van der Waals surface area contributed by atoms with Crippen LogP contribution < -0.4 is 0 Å². The van der Waals surface area contributed by atoms with Crippen LogP contribution >= 0.6 is 0 Å². The van der Waals surface area contributed by atoms with Crippen molar-refractivity contribution < 1.29 is 9.90 Å². The Hall–Kier alpha value is -2.18. The van der Waals surface area contributed by atoms with E-state index in [0.29, 0.717) is 17.6 Å². The fourth-order valence-electron chi connectivity index (χ4n) is 1.92. The molecule has 0 radical (unpaired) electrons. The molecule has 0 amide bonds. The maximum Gasteiger partial charge on any atom is 0.375 e. The SMILES string of the molecule is CC(C)n1ccc(-n2nc(C(=O)O)nc2C2CC2)n1. The molecule has 7 heteroatoms. The van der Waals surface area contributed by atoms with Crippen LogP contribution in [0.1, 0.15) is 55.1 Å². The van der Waals surface area contributed by atoms with Gasteiger partial charge in [-0.15, -0.1) is 5.10 Å². The summed E-state index contributed by atoms with van der Waals surface area (Å²) in [6.07, 6.45) is 3.92. The minimum absolute atomic E-state index is 0.166. The van der Waals surface area contributed by atoms with E-state index in [9.17, 15) is 4.79 Å². The first-order chi connectivity index (χ1) is 9.06. The molecule has 0 saturated heterocycles. The Kier molecular flexibility index (Phi) is 2.62. The van der Waals surface area contributed by atoms with E-state index < -0.39 is 5.97 Å². The van der Waals surface area contributed by atoms with Crippen molar-refractivity contribution in [3.05, 3.63) is 23.9 Å². The van der Waals surface area contributed by atoms with Crippen LogP contribution in [0.25, 0.3) is 5.82 Å². The van der Waals surface area contributed by atoms with E-state index in [4.69, 9.17) is 5.11 Å². The van der Waals surface area contributed by atoms with E-state index in [1.54, 1.807) is 4.68 Å². The number of nitrogens with zero attached hydrogens (tertiary/aromatic N) is 5. The van der Waals surface area contributed by atoms with Crippen LogP contribution in [0.5, 0.6) is 0 Å². The van der Waals surface area contributed by atoms with Gasteiger partial charge < -0.3 is 5.11 Å². The van der Waals surface area contributed by atoms with E-state index in [-0.39, 0.29) is 11.9 Å². The normalized spacial score (nSPS) is 15.1. The molecule has 2 aromatic rings. The average Bonchev–Trinajstić information content (AvgIpc) is 2.93. The molecule has 0 spiro atoms. The summed E-state index contributed by atoms with van der Waals surface area (Å²) in [7, 11) is 0. The van der Waals surface area contributed by atoms with Gasteiger partial charge in [-0.1, -0.05) is 0 Å². The van der Waals surface area contributed by atoms with Gasteiger partial charge in [-0.05, 0) is 26.7 Å². The molecule has 7 nitrogen and oxygen atoms in total. The highest BCUT2D eigenvalue weighted by Gasteiger charge is 2.32. The lowest BCUT2D eigenvalue weighted by Crippen LogP contribution is -2.07. The molecule has 1 fully saturated rings. The number of carbonyl (C=O) groups is 1. The first kappa shape index (κ1) is 11.9. The quantitative estimate of drug-likeness (QED) is 0.903. The van der Waals surface area contributed by atoms with Gasteiger partial charge in [-0.2, -0.15) is 9.78 Å². The van der Waals surface area contributed by atoms with Crippen molar-refractivity contribution in [3.63, 3.8) is 0 Å². The highest BCUT2D eigenvalue weighted by Crippen LogP contribution is 2.39. The van der Waals surface area contributed by atoms with Crippen LogP contribution in [0.2, 0.25) is 0 Å². The first-order valence-corrected chi connectivity index (χ1v) is 6.32. The van der Waals surface area contributed by atoms with E-state index in [1.165, 1.54) is 0 Å². The molecule has 3 rings (SSSR count). The van der Waals surface area contributed by atoms with Gasteiger partial charge in [0.15, 0.2) is 5.82 Å². The molecule has 0 atom stereocenters. The molecular weight excluding hydrogens is 246 g/mol. The molecule has 2 aromatic heterocycles. The third-order valence-corrected chi connectivity index (χ3v) is 3.11. The Bertz CT molecular complexity index is 624. The van der Waals surface area contributed by atoms with Crippen molar-refractivity contribution in [2.45, 2.75) is 38.6 Å². The van der Waals surface area contributed by atoms with Crippen LogP contribution in [0.3, 0.4) is 0 Å². The highest BCUT2D eigenvalue weighted by atomic mass is 16.4. The molecule has 1 aliphatic carbocycles. The molecule has 1 N–H and O–H groups in total. The highest BCUT2D eigenvalue weighted by molar-refractivity contribution is 5.83. The summed E-state index contributed by atoms with van der Waals surface area (Å²) in [6.45, 7) is 4.06. The lowest BCUT2D eigenvalue weighted by Gasteiger charge is -2.04. The Labute approximate surface area is 109 Å². The lowest BCUT2D eigenvalue weighted by molar-refractivity contribution is 0.0683. The summed E-state index contributed by atoms with van der Waals surface area (Å²) in [5.41, 5.74) is 0. The van der Waals surface area contributed by atoms with Gasteiger partial charge >= 0.3 is 5.97 Å². The molecule has 19 heavy (non-hydrogen) atoms. The molecule has 100 valence electrons.